The van der Waals surface area contributed by atoms with Crippen LogP contribution in [0.25, 0.3) is 0 Å². The smallest absolute Gasteiger partial charge is 0.269 e. The predicted octanol–water partition coefficient (Wildman–Crippen LogP) is 2.53. The Bertz CT molecular complexity index is 448. The van der Waals surface area contributed by atoms with Crippen molar-refractivity contribution in [2.24, 2.45) is 5.92 Å². The molecule has 0 spiro atoms. The first-order valence-corrected chi connectivity index (χ1v) is 8.17. The average molecular weight is 293 g/mol. The van der Waals surface area contributed by atoms with E-state index in [-0.39, 0.29) is 11.9 Å². The molecule has 5 heteroatoms. The maximum atomic E-state index is 12.3. The Hall–Kier alpha value is -1.36. The van der Waals surface area contributed by atoms with E-state index in [2.05, 4.69) is 24.3 Å². The van der Waals surface area contributed by atoms with Crippen molar-refractivity contribution in [2.45, 2.75) is 64.5 Å². The summed E-state index contributed by atoms with van der Waals surface area (Å²) in [7, 11) is 0. The Morgan fingerprint density at radius 3 is 2.71 bits per heavy atom. The van der Waals surface area contributed by atoms with Crippen molar-refractivity contribution in [3.63, 3.8) is 0 Å². The minimum absolute atomic E-state index is 0.142. The number of aliphatic hydroxyl groups is 1. The number of amides is 1. The summed E-state index contributed by atoms with van der Waals surface area (Å²) in [5.74, 6) is 0.200. The summed E-state index contributed by atoms with van der Waals surface area (Å²) in [5.41, 5.74) is 0.585. The van der Waals surface area contributed by atoms with Crippen LogP contribution in [0.2, 0.25) is 0 Å². The van der Waals surface area contributed by atoms with Gasteiger partial charge >= 0.3 is 0 Å². The van der Waals surface area contributed by atoms with Crippen LogP contribution >= 0.6 is 0 Å². The lowest BCUT2D eigenvalue weighted by Gasteiger charge is -2.19. The highest BCUT2D eigenvalue weighted by Gasteiger charge is 2.24. The molecule has 1 aromatic heterocycles. The second-order valence-electron chi connectivity index (χ2n) is 5.95. The van der Waals surface area contributed by atoms with E-state index in [1.807, 2.05) is 0 Å². The maximum absolute atomic E-state index is 12.3. The highest BCUT2D eigenvalue weighted by molar-refractivity contribution is 5.92. The Labute approximate surface area is 126 Å². The fourth-order valence-electron chi connectivity index (χ4n) is 3.22. The van der Waals surface area contributed by atoms with Crippen LogP contribution in [-0.4, -0.2) is 33.4 Å². The van der Waals surface area contributed by atoms with Crippen molar-refractivity contribution in [1.82, 2.24) is 15.1 Å². The van der Waals surface area contributed by atoms with E-state index in [0.29, 0.717) is 18.2 Å². The second kappa shape index (κ2) is 7.59. The maximum Gasteiger partial charge on any atom is 0.269 e. The first-order valence-electron chi connectivity index (χ1n) is 8.17. The number of aromatic nitrogens is 2. The van der Waals surface area contributed by atoms with E-state index in [4.69, 9.17) is 0 Å². The van der Waals surface area contributed by atoms with Crippen molar-refractivity contribution in [3.8, 4) is 0 Å². The van der Waals surface area contributed by atoms with Crippen molar-refractivity contribution < 1.29 is 9.90 Å². The van der Waals surface area contributed by atoms with Gasteiger partial charge in [0, 0.05) is 12.7 Å². The molecule has 1 aromatic rings. The van der Waals surface area contributed by atoms with Gasteiger partial charge in [0.1, 0.15) is 5.69 Å². The second-order valence-corrected chi connectivity index (χ2v) is 5.95. The summed E-state index contributed by atoms with van der Waals surface area (Å²) in [6.45, 7) is 4.53. The molecule has 1 aliphatic rings. The van der Waals surface area contributed by atoms with Gasteiger partial charge in [0.05, 0.1) is 12.1 Å². The quantitative estimate of drug-likeness (QED) is 0.812. The standard InChI is InChI=1S/C16H27N3O2/c1-3-13(4-2)19-14(9-10-18-19)16(21)17-11-15(20)12-7-5-6-8-12/h9-10,12-13,15,20H,3-8,11H2,1-2H3,(H,17,21). The average Bonchev–Trinajstić information content (AvgIpc) is 3.17. The van der Waals surface area contributed by atoms with Gasteiger partial charge in [-0.3, -0.25) is 9.48 Å². The molecule has 2 rings (SSSR count). The van der Waals surface area contributed by atoms with Gasteiger partial charge in [-0.05, 0) is 37.7 Å². The molecule has 2 N–H and O–H groups in total. The Morgan fingerprint density at radius 1 is 1.43 bits per heavy atom. The molecule has 0 aromatic carbocycles. The lowest BCUT2D eigenvalue weighted by molar-refractivity contribution is 0.0829. The van der Waals surface area contributed by atoms with Gasteiger partial charge in [-0.2, -0.15) is 5.10 Å². The molecule has 1 amide bonds. The highest BCUT2D eigenvalue weighted by atomic mass is 16.3. The van der Waals surface area contributed by atoms with Crippen LogP contribution in [-0.2, 0) is 0 Å². The Morgan fingerprint density at radius 2 is 2.10 bits per heavy atom. The van der Waals surface area contributed by atoms with Gasteiger partial charge in [0.2, 0.25) is 0 Å². The zero-order valence-electron chi connectivity index (χ0n) is 13.1. The minimum Gasteiger partial charge on any atom is -0.391 e. The van der Waals surface area contributed by atoms with Gasteiger partial charge in [0.15, 0.2) is 0 Å². The molecule has 5 nitrogen and oxygen atoms in total. The molecular weight excluding hydrogens is 266 g/mol. The van der Waals surface area contributed by atoms with Crippen LogP contribution in [0.1, 0.15) is 68.9 Å². The summed E-state index contributed by atoms with van der Waals surface area (Å²) in [5, 5.41) is 17.3. The number of hydrogen-bond acceptors (Lipinski definition) is 3. The molecule has 21 heavy (non-hydrogen) atoms. The third-order valence-corrected chi connectivity index (χ3v) is 4.61. The summed E-state index contributed by atoms with van der Waals surface area (Å²) < 4.78 is 1.80. The Kier molecular flexibility index (Phi) is 5.79. The van der Waals surface area contributed by atoms with Crippen molar-refractivity contribution in [2.75, 3.05) is 6.54 Å². The number of rotatable bonds is 7. The summed E-state index contributed by atoms with van der Waals surface area (Å²) >= 11 is 0. The first kappa shape index (κ1) is 16.0. The number of carbonyl (C=O) groups excluding carboxylic acids is 1. The fraction of sp³-hybridized carbons (Fsp3) is 0.750. The van der Waals surface area contributed by atoms with E-state index >= 15 is 0 Å². The molecule has 1 fully saturated rings. The van der Waals surface area contributed by atoms with Crippen LogP contribution in [0.4, 0.5) is 0 Å². The summed E-state index contributed by atoms with van der Waals surface area (Å²) in [6, 6.07) is 2.00. The number of carbonyl (C=O) groups is 1. The van der Waals surface area contributed by atoms with Crippen LogP contribution in [0, 0.1) is 5.92 Å². The number of aliphatic hydroxyl groups excluding tert-OH is 1. The molecule has 1 aliphatic carbocycles. The van der Waals surface area contributed by atoms with Gasteiger partial charge in [-0.25, -0.2) is 0 Å². The monoisotopic (exact) mass is 293 g/mol. The Balaban J connectivity index is 1.92. The van der Waals surface area contributed by atoms with Gasteiger partial charge in [-0.1, -0.05) is 26.7 Å². The summed E-state index contributed by atoms with van der Waals surface area (Å²) in [4.78, 5) is 12.3. The molecule has 1 atom stereocenters. The van der Waals surface area contributed by atoms with Crippen LogP contribution < -0.4 is 5.32 Å². The topological polar surface area (TPSA) is 67.2 Å². The molecule has 0 radical (unpaired) electrons. The molecule has 1 unspecified atom stereocenters. The third kappa shape index (κ3) is 3.84. The molecule has 118 valence electrons. The molecule has 0 bridgehead atoms. The van der Waals surface area contributed by atoms with Crippen molar-refractivity contribution in [3.05, 3.63) is 18.0 Å². The number of nitrogens with zero attached hydrogens (tertiary/aromatic N) is 2. The van der Waals surface area contributed by atoms with E-state index in [1.54, 1.807) is 16.9 Å². The van der Waals surface area contributed by atoms with Crippen molar-refractivity contribution in [1.29, 1.82) is 0 Å². The SMILES string of the molecule is CCC(CC)n1nccc1C(=O)NCC(O)C1CCCC1. The first-order chi connectivity index (χ1) is 10.2. The third-order valence-electron chi connectivity index (χ3n) is 4.61. The number of hydrogen-bond donors (Lipinski definition) is 2. The molecular formula is C16H27N3O2. The zero-order valence-corrected chi connectivity index (χ0v) is 13.1. The lowest BCUT2D eigenvalue weighted by atomic mass is 10.0. The molecule has 1 heterocycles. The minimum atomic E-state index is -0.430. The van der Waals surface area contributed by atoms with Gasteiger partial charge in [0.25, 0.3) is 5.91 Å². The van der Waals surface area contributed by atoms with Crippen LogP contribution in [0.15, 0.2) is 12.3 Å². The number of nitrogens with one attached hydrogen (secondary N) is 1. The van der Waals surface area contributed by atoms with Crippen LogP contribution in [0.5, 0.6) is 0 Å². The molecule has 1 saturated carbocycles. The highest BCUT2D eigenvalue weighted by Crippen LogP contribution is 2.27. The molecule has 0 aliphatic heterocycles. The van der Waals surface area contributed by atoms with E-state index in [1.165, 1.54) is 12.8 Å². The summed E-state index contributed by atoms with van der Waals surface area (Å²) in [6.07, 6.45) is 7.66. The fourth-order valence-corrected chi connectivity index (χ4v) is 3.22. The van der Waals surface area contributed by atoms with E-state index in [0.717, 1.165) is 25.7 Å². The largest absolute Gasteiger partial charge is 0.391 e. The van der Waals surface area contributed by atoms with E-state index < -0.39 is 6.10 Å². The van der Waals surface area contributed by atoms with Gasteiger partial charge in [-0.15, -0.1) is 0 Å². The molecule has 0 saturated heterocycles. The normalized spacial score (nSPS) is 17.3. The zero-order chi connectivity index (χ0) is 15.2. The van der Waals surface area contributed by atoms with Gasteiger partial charge < -0.3 is 10.4 Å². The van der Waals surface area contributed by atoms with Crippen LogP contribution in [0.3, 0.4) is 0 Å². The lowest BCUT2D eigenvalue weighted by Crippen LogP contribution is -2.36. The van der Waals surface area contributed by atoms with Crippen molar-refractivity contribution >= 4 is 5.91 Å². The predicted molar refractivity (Wildman–Crippen MR) is 82.1 cm³/mol. The van der Waals surface area contributed by atoms with E-state index in [9.17, 15) is 9.90 Å².